The Labute approximate surface area is 99.2 Å². The van der Waals surface area contributed by atoms with Crippen molar-refractivity contribution in [2.75, 3.05) is 19.6 Å². The molecule has 17 heavy (non-hydrogen) atoms. The number of nitrogens with one attached hydrogen (secondary N) is 2. The van der Waals surface area contributed by atoms with Gasteiger partial charge in [-0.15, -0.1) is 0 Å². The van der Waals surface area contributed by atoms with E-state index in [1.807, 2.05) is 6.92 Å². The van der Waals surface area contributed by atoms with Gasteiger partial charge in [0.15, 0.2) is 17.5 Å². The van der Waals surface area contributed by atoms with Gasteiger partial charge in [0.2, 0.25) is 0 Å². The van der Waals surface area contributed by atoms with Crippen LogP contribution in [0.2, 0.25) is 0 Å². The number of hydrogen-bond acceptors (Lipinski definition) is 2. The standard InChI is InChI=1S/C12H17F3N2/c1-2-16-6-3-7-17-8-9-4-5-10(13)12(15)11(9)14/h4-5,16-17H,2-3,6-8H2,1H3. The first-order valence-electron chi connectivity index (χ1n) is 5.70. The molecule has 0 spiro atoms. The fourth-order valence-corrected chi connectivity index (χ4v) is 1.44. The molecule has 5 heteroatoms. The first-order valence-corrected chi connectivity index (χ1v) is 5.70. The first-order chi connectivity index (χ1) is 8.16. The monoisotopic (exact) mass is 246 g/mol. The molecule has 96 valence electrons. The maximum absolute atomic E-state index is 13.2. The smallest absolute Gasteiger partial charge is 0.194 e. The van der Waals surface area contributed by atoms with E-state index in [1.165, 1.54) is 6.07 Å². The number of halogens is 3. The molecule has 2 N–H and O–H groups in total. The SMILES string of the molecule is CCNCCCNCc1ccc(F)c(F)c1F. The summed E-state index contributed by atoms with van der Waals surface area (Å²) in [5.41, 5.74) is 0.146. The average molecular weight is 246 g/mol. The quantitative estimate of drug-likeness (QED) is 0.569. The highest BCUT2D eigenvalue weighted by atomic mass is 19.2. The molecular formula is C12H17F3N2. The zero-order chi connectivity index (χ0) is 12.7. The van der Waals surface area contributed by atoms with Gasteiger partial charge >= 0.3 is 0 Å². The third-order valence-corrected chi connectivity index (χ3v) is 2.39. The summed E-state index contributed by atoms with van der Waals surface area (Å²) in [6.07, 6.45) is 0.902. The molecule has 0 bridgehead atoms. The molecule has 0 saturated heterocycles. The number of rotatable bonds is 7. The third-order valence-electron chi connectivity index (χ3n) is 2.39. The van der Waals surface area contributed by atoms with E-state index in [9.17, 15) is 13.2 Å². The van der Waals surface area contributed by atoms with Crippen LogP contribution in [0.25, 0.3) is 0 Å². The van der Waals surface area contributed by atoms with Crippen molar-refractivity contribution in [2.45, 2.75) is 19.9 Å². The van der Waals surface area contributed by atoms with E-state index in [2.05, 4.69) is 10.6 Å². The molecule has 0 saturated carbocycles. The molecule has 1 aromatic carbocycles. The largest absolute Gasteiger partial charge is 0.317 e. The van der Waals surface area contributed by atoms with E-state index in [0.717, 1.165) is 25.6 Å². The van der Waals surface area contributed by atoms with Crippen LogP contribution in [0.15, 0.2) is 12.1 Å². The molecule has 0 heterocycles. The maximum atomic E-state index is 13.2. The van der Waals surface area contributed by atoms with Gasteiger partial charge in [-0.2, -0.15) is 0 Å². The van der Waals surface area contributed by atoms with Crippen molar-refractivity contribution < 1.29 is 13.2 Å². The zero-order valence-electron chi connectivity index (χ0n) is 9.82. The van der Waals surface area contributed by atoms with Crippen molar-refractivity contribution in [1.82, 2.24) is 10.6 Å². The van der Waals surface area contributed by atoms with Crippen LogP contribution in [0.1, 0.15) is 18.9 Å². The van der Waals surface area contributed by atoms with Crippen molar-refractivity contribution >= 4 is 0 Å². The highest BCUT2D eigenvalue weighted by Crippen LogP contribution is 2.14. The lowest BCUT2D eigenvalue weighted by Crippen LogP contribution is -2.22. The summed E-state index contributed by atoms with van der Waals surface area (Å²) in [7, 11) is 0. The molecule has 2 nitrogen and oxygen atoms in total. The van der Waals surface area contributed by atoms with Crippen molar-refractivity contribution in [3.63, 3.8) is 0 Å². The van der Waals surface area contributed by atoms with Crippen LogP contribution in [-0.4, -0.2) is 19.6 Å². The van der Waals surface area contributed by atoms with Gasteiger partial charge in [0, 0.05) is 12.1 Å². The molecular weight excluding hydrogens is 229 g/mol. The van der Waals surface area contributed by atoms with Crippen molar-refractivity contribution in [2.24, 2.45) is 0 Å². The predicted molar refractivity (Wildman–Crippen MR) is 61.2 cm³/mol. The average Bonchev–Trinajstić information content (AvgIpc) is 2.33. The van der Waals surface area contributed by atoms with Crippen molar-refractivity contribution in [3.05, 3.63) is 35.1 Å². The Morgan fingerprint density at radius 3 is 2.41 bits per heavy atom. The van der Waals surface area contributed by atoms with Gasteiger partial charge in [-0.3, -0.25) is 0 Å². The van der Waals surface area contributed by atoms with Crippen LogP contribution in [-0.2, 0) is 6.54 Å². The fraction of sp³-hybridized carbons (Fsp3) is 0.500. The normalized spacial score (nSPS) is 10.8. The first kappa shape index (κ1) is 14.0. The highest BCUT2D eigenvalue weighted by molar-refractivity contribution is 5.20. The summed E-state index contributed by atoms with van der Waals surface area (Å²) in [5, 5.41) is 6.13. The topological polar surface area (TPSA) is 24.1 Å². The molecule has 0 aliphatic rings. The van der Waals surface area contributed by atoms with E-state index in [1.54, 1.807) is 0 Å². The number of benzene rings is 1. The van der Waals surface area contributed by atoms with Gasteiger partial charge in [0.05, 0.1) is 0 Å². The lowest BCUT2D eigenvalue weighted by atomic mass is 10.2. The summed E-state index contributed by atoms with van der Waals surface area (Å²) < 4.78 is 38.7. The van der Waals surface area contributed by atoms with Crippen molar-refractivity contribution in [3.8, 4) is 0 Å². The highest BCUT2D eigenvalue weighted by Gasteiger charge is 2.12. The number of hydrogen-bond donors (Lipinski definition) is 2. The molecule has 1 aromatic rings. The Kier molecular flexibility index (Phi) is 6.00. The second-order valence-electron chi connectivity index (χ2n) is 3.72. The Morgan fingerprint density at radius 1 is 1.00 bits per heavy atom. The predicted octanol–water partition coefficient (Wildman–Crippen LogP) is 2.19. The van der Waals surface area contributed by atoms with Gasteiger partial charge < -0.3 is 10.6 Å². The molecule has 0 unspecified atom stereocenters. The molecule has 0 aliphatic carbocycles. The van der Waals surface area contributed by atoms with Gasteiger partial charge in [-0.1, -0.05) is 13.0 Å². The molecule has 1 rings (SSSR count). The van der Waals surface area contributed by atoms with E-state index in [0.29, 0.717) is 6.54 Å². The van der Waals surface area contributed by atoms with Gasteiger partial charge in [-0.05, 0) is 32.1 Å². The second-order valence-corrected chi connectivity index (χ2v) is 3.72. The Balaban J connectivity index is 2.35. The Bertz CT molecular complexity index is 356. The van der Waals surface area contributed by atoms with Crippen LogP contribution in [0.5, 0.6) is 0 Å². The fourth-order valence-electron chi connectivity index (χ4n) is 1.44. The van der Waals surface area contributed by atoms with Crippen LogP contribution >= 0.6 is 0 Å². The lowest BCUT2D eigenvalue weighted by Gasteiger charge is -2.07. The summed E-state index contributed by atoms with van der Waals surface area (Å²) in [6.45, 7) is 4.71. The van der Waals surface area contributed by atoms with E-state index in [-0.39, 0.29) is 12.1 Å². The molecule has 0 atom stereocenters. The maximum Gasteiger partial charge on any atom is 0.194 e. The van der Waals surface area contributed by atoms with Gasteiger partial charge in [0.25, 0.3) is 0 Å². The van der Waals surface area contributed by atoms with E-state index < -0.39 is 17.5 Å². The molecule has 0 radical (unpaired) electrons. The summed E-state index contributed by atoms with van der Waals surface area (Å²) in [4.78, 5) is 0. The molecule has 0 aliphatic heterocycles. The van der Waals surface area contributed by atoms with Crippen molar-refractivity contribution in [1.29, 1.82) is 0 Å². The van der Waals surface area contributed by atoms with Crippen LogP contribution < -0.4 is 10.6 Å². The van der Waals surface area contributed by atoms with E-state index >= 15 is 0 Å². The molecule has 0 amide bonds. The minimum Gasteiger partial charge on any atom is -0.317 e. The summed E-state index contributed by atoms with van der Waals surface area (Å²) in [5.74, 6) is -3.67. The van der Waals surface area contributed by atoms with Crippen LogP contribution in [0, 0.1) is 17.5 Å². The van der Waals surface area contributed by atoms with Crippen LogP contribution in [0.3, 0.4) is 0 Å². The summed E-state index contributed by atoms with van der Waals surface area (Å²) >= 11 is 0. The Morgan fingerprint density at radius 2 is 1.71 bits per heavy atom. The molecule has 0 fully saturated rings. The van der Waals surface area contributed by atoms with Gasteiger partial charge in [0.1, 0.15) is 0 Å². The lowest BCUT2D eigenvalue weighted by molar-refractivity contribution is 0.438. The van der Waals surface area contributed by atoms with Crippen LogP contribution in [0.4, 0.5) is 13.2 Å². The van der Waals surface area contributed by atoms with E-state index in [4.69, 9.17) is 0 Å². The van der Waals surface area contributed by atoms with Gasteiger partial charge in [-0.25, -0.2) is 13.2 Å². The minimum absolute atomic E-state index is 0.146. The third kappa shape index (κ3) is 4.36. The Hall–Kier alpha value is -1.07. The molecule has 0 aromatic heterocycles. The zero-order valence-corrected chi connectivity index (χ0v) is 9.82. The minimum atomic E-state index is -1.41. The summed E-state index contributed by atoms with van der Waals surface area (Å²) in [6, 6.07) is 2.19. The second kappa shape index (κ2) is 7.29.